The lowest BCUT2D eigenvalue weighted by Gasteiger charge is -2.38. The zero-order chi connectivity index (χ0) is 17.8. The summed E-state index contributed by atoms with van der Waals surface area (Å²) in [5, 5.41) is -0.0466. The molecule has 3 nitrogen and oxygen atoms in total. The van der Waals surface area contributed by atoms with Crippen molar-refractivity contribution in [3.63, 3.8) is 0 Å². The van der Waals surface area contributed by atoms with E-state index in [1.54, 1.807) is 11.8 Å². The lowest BCUT2D eigenvalue weighted by atomic mass is 10.1. The molecule has 4 heteroatoms. The topological polar surface area (TPSA) is 23.6 Å². The number of carbonyl (C=O) groups excluding carboxylic acids is 1. The standard InChI is InChI=1S/C21H26N2OS/c1-16-8-7-11-20(17(16)2)22-12-14-23(15-13-22)21(24)18(3)25-19-9-5-4-6-10-19/h4-11,18H,12-15H2,1-3H3. The average molecular weight is 355 g/mol. The van der Waals surface area contributed by atoms with E-state index in [1.165, 1.54) is 16.8 Å². The SMILES string of the molecule is Cc1cccc(N2CCN(C(=O)C(C)Sc3ccccc3)CC2)c1C. The van der Waals surface area contributed by atoms with Crippen LogP contribution in [-0.4, -0.2) is 42.2 Å². The van der Waals surface area contributed by atoms with E-state index in [1.807, 2.05) is 30.0 Å². The highest BCUT2D eigenvalue weighted by Gasteiger charge is 2.26. The van der Waals surface area contributed by atoms with Crippen LogP contribution in [0.5, 0.6) is 0 Å². The molecule has 2 aromatic rings. The monoisotopic (exact) mass is 354 g/mol. The second kappa shape index (κ2) is 7.96. The van der Waals surface area contributed by atoms with Gasteiger partial charge >= 0.3 is 0 Å². The smallest absolute Gasteiger partial charge is 0.235 e. The van der Waals surface area contributed by atoms with Crippen LogP contribution in [0.25, 0.3) is 0 Å². The van der Waals surface area contributed by atoms with Crippen molar-refractivity contribution in [3.8, 4) is 0 Å². The van der Waals surface area contributed by atoms with Crippen LogP contribution in [0.15, 0.2) is 53.4 Å². The maximum absolute atomic E-state index is 12.8. The zero-order valence-electron chi connectivity index (χ0n) is 15.2. The van der Waals surface area contributed by atoms with Crippen molar-refractivity contribution < 1.29 is 4.79 Å². The third kappa shape index (κ3) is 4.18. The molecule has 0 radical (unpaired) electrons. The highest BCUT2D eigenvalue weighted by Crippen LogP contribution is 2.26. The van der Waals surface area contributed by atoms with Crippen LogP contribution in [0.2, 0.25) is 0 Å². The Bertz CT molecular complexity index is 724. The normalized spacial score (nSPS) is 16.0. The first-order valence-electron chi connectivity index (χ1n) is 8.88. The summed E-state index contributed by atoms with van der Waals surface area (Å²) >= 11 is 1.64. The number of piperazine rings is 1. The van der Waals surface area contributed by atoms with E-state index in [-0.39, 0.29) is 11.2 Å². The van der Waals surface area contributed by atoms with Crippen LogP contribution in [0.1, 0.15) is 18.1 Å². The van der Waals surface area contributed by atoms with E-state index in [2.05, 4.69) is 49.1 Å². The number of amides is 1. The Hall–Kier alpha value is -1.94. The van der Waals surface area contributed by atoms with Crippen molar-refractivity contribution in [2.24, 2.45) is 0 Å². The predicted molar refractivity (Wildman–Crippen MR) is 106 cm³/mol. The Labute approximate surface area is 155 Å². The van der Waals surface area contributed by atoms with Crippen LogP contribution >= 0.6 is 11.8 Å². The number of thioether (sulfide) groups is 1. The number of hydrogen-bond acceptors (Lipinski definition) is 3. The number of anilines is 1. The molecular formula is C21H26N2OS. The minimum atomic E-state index is -0.0466. The highest BCUT2D eigenvalue weighted by molar-refractivity contribution is 8.00. The van der Waals surface area contributed by atoms with Gasteiger partial charge in [-0.05, 0) is 50.1 Å². The zero-order valence-corrected chi connectivity index (χ0v) is 16.1. The van der Waals surface area contributed by atoms with Gasteiger partial charge in [0.05, 0.1) is 5.25 Å². The van der Waals surface area contributed by atoms with Crippen LogP contribution in [-0.2, 0) is 4.79 Å². The first kappa shape index (κ1) is 17.9. The minimum absolute atomic E-state index is 0.0466. The van der Waals surface area contributed by atoms with Gasteiger partial charge in [0, 0.05) is 36.8 Å². The molecule has 0 aliphatic carbocycles. The molecule has 132 valence electrons. The molecule has 2 aromatic carbocycles. The van der Waals surface area contributed by atoms with Crippen LogP contribution < -0.4 is 4.90 Å². The van der Waals surface area contributed by atoms with Gasteiger partial charge < -0.3 is 9.80 Å². The second-order valence-electron chi connectivity index (χ2n) is 6.60. The van der Waals surface area contributed by atoms with Gasteiger partial charge in [0.25, 0.3) is 0 Å². The molecule has 1 amide bonds. The first-order valence-corrected chi connectivity index (χ1v) is 9.76. The average Bonchev–Trinajstić information content (AvgIpc) is 2.64. The van der Waals surface area contributed by atoms with Crippen molar-refractivity contribution in [1.29, 1.82) is 0 Å². The Morgan fingerprint density at radius 1 is 0.960 bits per heavy atom. The van der Waals surface area contributed by atoms with Gasteiger partial charge in [-0.1, -0.05) is 30.3 Å². The summed E-state index contributed by atoms with van der Waals surface area (Å²) in [6, 6.07) is 16.6. The first-order chi connectivity index (χ1) is 12.1. The van der Waals surface area contributed by atoms with Gasteiger partial charge in [-0.2, -0.15) is 0 Å². The number of hydrogen-bond donors (Lipinski definition) is 0. The van der Waals surface area contributed by atoms with E-state index < -0.39 is 0 Å². The van der Waals surface area contributed by atoms with Gasteiger partial charge in [0.1, 0.15) is 0 Å². The molecule has 1 heterocycles. The number of carbonyl (C=O) groups is 1. The van der Waals surface area contributed by atoms with E-state index in [4.69, 9.17) is 0 Å². The summed E-state index contributed by atoms with van der Waals surface area (Å²) in [5.74, 6) is 0.245. The van der Waals surface area contributed by atoms with Gasteiger partial charge in [-0.15, -0.1) is 11.8 Å². The van der Waals surface area contributed by atoms with Crippen molar-refractivity contribution >= 4 is 23.4 Å². The fourth-order valence-electron chi connectivity index (χ4n) is 3.26. The summed E-state index contributed by atoms with van der Waals surface area (Å²) in [4.78, 5) is 18.3. The Balaban J connectivity index is 1.58. The predicted octanol–water partition coefficient (Wildman–Crippen LogP) is 4.13. The second-order valence-corrected chi connectivity index (χ2v) is 8.02. The summed E-state index contributed by atoms with van der Waals surface area (Å²) in [6.45, 7) is 9.74. The number of rotatable bonds is 4. The summed E-state index contributed by atoms with van der Waals surface area (Å²) in [7, 11) is 0. The largest absolute Gasteiger partial charge is 0.368 e. The van der Waals surface area contributed by atoms with Crippen LogP contribution in [0, 0.1) is 13.8 Å². The lowest BCUT2D eigenvalue weighted by Crippen LogP contribution is -2.50. The molecule has 0 bridgehead atoms. The van der Waals surface area contributed by atoms with Gasteiger partial charge in [-0.3, -0.25) is 4.79 Å². The van der Waals surface area contributed by atoms with Crippen LogP contribution in [0.4, 0.5) is 5.69 Å². The van der Waals surface area contributed by atoms with Gasteiger partial charge in [0.2, 0.25) is 5.91 Å². The van der Waals surface area contributed by atoms with Crippen LogP contribution in [0.3, 0.4) is 0 Å². The number of benzene rings is 2. The number of nitrogens with zero attached hydrogens (tertiary/aromatic N) is 2. The van der Waals surface area contributed by atoms with Crippen molar-refractivity contribution in [2.45, 2.75) is 30.9 Å². The molecule has 3 rings (SSSR count). The quantitative estimate of drug-likeness (QED) is 0.771. The third-order valence-electron chi connectivity index (χ3n) is 4.91. The van der Waals surface area contributed by atoms with Crippen molar-refractivity contribution in [1.82, 2.24) is 4.90 Å². The fraction of sp³-hybridized carbons (Fsp3) is 0.381. The van der Waals surface area contributed by atoms with E-state index >= 15 is 0 Å². The van der Waals surface area contributed by atoms with Crippen molar-refractivity contribution in [2.75, 3.05) is 31.1 Å². The molecule has 1 fully saturated rings. The molecule has 0 saturated carbocycles. The molecular weight excluding hydrogens is 328 g/mol. The maximum Gasteiger partial charge on any atom is 0.235 e. The minimum Gasteiger partial charge on any atom is -0.368 e. The number of aryl methyl sites for hydroxylation is 1. The van der Waals surface area contributed by atoms with E-state index in [0.29, 0.717) is 0 Å². The summed E-state index contributed by atoms with van der Waals surface area (Å²) in [5.41, 5.74) is 3.97. The van der Waals surface area contributed by atoms with Gasteiger partial charge in [-0.25, -0.2) is 0 Å². The summed E-state index contributed by atoms with van der Waals surface area (Å²) in [6.07, 6.45) is 0. The molecule has 0 N–H and O–H groups in total. The Morgan fingerprint density at radius 2 is 1.64 bits per heavy atom. The molecule has 1 aliphatic heterocycles. The summed E-state index contributed by atoms with van der Waals surface area (Å²) < 4.78 is 0. The molecule has 0 aromatic heterocycles. The Morgan fingerprint density at radius 3 is 2.32 bits per heavy atom. The molecule has 1 saturated heterocycles. The van der Waals surface area contributed by atoms with E-state index in [9.17, 15) is 4.79 Å². The van der Waals surface area contributed by atoms with Gasteiger partial charge in [0.15, 0.2) is 0 Å². The fourth-order valence-corrected chi connectivity index (χ4v) is 4.23. The molecule has 25 heavy (non-hydrogen) atoms. The third-order valence-corrected chi connectivity index (χ3v) is 6.01. The molecule has 1 unspecified atom stereocenters. The highest BCUT2D eigenvalue weighted by atomic mass is 32.2. The molecule has 1 aliphatic rings. The maximum atomic E-state index is 12.8. The lowest BCUT2D eigenvalue weighted by molar-refractivity contribution is -0.130. The Kier molecular flexibility index (Phi) is 5.69. The molecule has 0 spiro atoms. The molecule has 1 atom stereocenters. The van der Waals surface area contributed by atoms with Crippen molar-refractivity contribution in [3.05, 3.63) is 59.7 Å². The van der Waals surface area contributed by atoms with E-state index in [0.717, 1.165) is 31.1 Å².